The maximum Gasteiger partial charge on any atom is 0.257 e. The number of pyridine rings is 1. The predicted molar refractivity (Wildman–Crippen MR) is 67.5 cm³/mol. The first-order valence-electron chi connectivity index (χ1n) is 5.47. The minimum Gasteiger partial charge on any atom is -0.480 e. The van der Waals surface area contributed by atoms with Crippen LogP contribution in [0.4, 0.5) is 4.39 Å². The maximum absolute atomic E-state index is 13.4. The highest BCUT2D eigenvalue weighted by Gasteiger charge is 2.29. The fraction of sp³-hybridized carbons (Fsp3) is 0.455. The molecule has 98 valence electrons. The molecule has 0 aromatic carbocycles. The molecular weight excluding hydrogens is 305 g/mol. The van der Waals surface area contributed by atoms with E-state index in [9.17, 15) is 9.18 Å². The summed E-state index contributed by atoms with van der Waals surface area (Å²) in [5.41, 5.74) is 0.283. The van der Waals surface area contributed by atoms with Gasteiger partial charge in [-0.3, -0.25) is 4.79 Å². The zero-order chi connectivity index (χ0) is 13.1. The lowest BCUT2D eigenvalue weighted by Crippen LogP contribution is -2.41. The summed E-state index contributed by atoms with van der Waals surface area (Å²) in [5.74, 6) is -0.172. The number of carbonyl (C=O) groups excluding carboxylic acids is 1. The number of methoxy groups -OCH3 is 1. The van der Waals surface area contributed by atoms with Crippen LogP contribution in [-0.2, 0) is 0 Å². The van der Waals surface area contributed by atoms with Gasteiger partial charge in [-0.2, -0.15) is 0 Å². The van der Waals surface area contributed by atoms with Crippen molar-refractivity contribution >= 4 is 21.8 Å². The highest BCUT2D eigenvalue weighted by molar-refractivity contribution is 9.10. The van der Waals surface area contributed by atoms with Crippen LogP contribution >= 0.6 is 15.9 Å². The summed E-state index contributed by atoms with van der Waals surface area (Å²) in [7, 11) is 1.43. The summed E-state index contributed by atoms with van der Waals surface area (Å²) < 4.78 is 19.1. The third-order valence-electron chi connectivity index (χ3n) is 2.71. The van der Waals surface area contributed by atoms with E-state index >= 15 is 0 Å². The molecule has 1 aliphatic heterocycles. The molecule has 1 aromatic heterocycles. The highest BCUT2D eigenvalue weighted by atomic mass is 79.9. The van der Waals surface area contributed by atoms with Gasteiger partial charge in [0.2, 0.25) is 5.88 Å². The number of nitrogens with zero attached hydrogens (tertiary/aromatic N) is 1. The van der Waals surface area contributed by atoms with Crippen LogP contribution < -0.4 is 15.4 Å². The van der Waals surface area contributed by atoms with Crippen molar-refractivity contribution in [3.63, 3.8) is 0 Å². The van der Waals surface area contributed by atoms with Crippen molar-refractivity contribution in [2.45, 2.75) is 12.2 Å². The predicted octanol–water partition coefficient (Wildman–Crippen LogP) is 0.892. The van der Waals surface area contributed by atoms with Crippen molar-refractivity contribution in [3.8, 4) is 5.88 Å². The molecule has 2 atom stereocenters. The van der Waals surface area contributed by atoms with Gasteiger partial charge in [0.25, 0.3) is 5.91 Å². The molecule has 0 bridgehead atoms. The lowest BCUT2D eigenvalue weighted by atomic mass is 10.2. The van der Waals surface area contributed by atoms with E-state index < -0.39 is 18.1 Å². The second kappa shape index (κ2) is 5.62. The average Bonchev–Trinajstić information content (AvgIpc) is 2.75. The lowest BCUT2D eigenvalue weighted by molar-refractivity contribution is 0.0920. The number of aromatic nitrogens is 1. The van der Waals surface area contributed by atoms with Gasteiger partial charge in [0.1, 0.15) is 11.7 Å². The van der Waals surface area contributed by atoms with Crippen LogP contribution in [-0.4, -0.2) is 43.3 Å². The molecule has 1 fully saturated rings. The number of rotatable bonds is 3. The van der Waals surface area contributed by atoms with Crippen molar-refractivity contribution in [1.29, 1.82) is 0 Å². The normalized spacial score (nSPS) is 22.8. The first-order valence-corrected chi connectivity index (χ1v) is 6.26. The monoisotopic (exact) mass is 317 g/mol. The van der Waals surface area contributed by atoms with Gasteiger partial charge in [-0.15, -0.1) is 0 Å². The topological polar surface area (TPSA) is 63.2 Å². The van der Waals surface area contributed by atoms with E-state index in [0.29, 0.717) is 11.0 Å². The molecule has 0 saturated carbocycles. The van der Waals surface area contributed by atoms with Gasteiger partial charge in [-0.25, -0.2) is 9.37 Å². The fourth-order valence-electron chi connectivity index (χ4n) is 1.79. The van der Waals surface area contributed by atoms with E-state index in [4.69, 9.17) is 4.74 Å². The maximum atomic E-state index is 13.4. The standard InChI is InChI=1S/C11H13BrFN3O2/c1-18-11-7(2-6(12)3-15-11)10(17)16-9-5-14-4-8(9)13/h2-3,8-9,14H,4-5H2,1H3,(H,16,17)/t8-,9+/m0/s1. The van der Waals surface area contributed by atoms with Crippen LogP contribution in [0.2, 0.25) is 0 Å². The number of carbonyl (C=O) groups is 1. The third-order valence-corrected chi connectivity index (χ3v) is 3.15. The Balaban J connectivity index is 2.15. The molecule has 18 heavy (non-hydrogen) atoms. The quantitative estimate of drug-likeness (QED) is 0.869. The van der Waals surface area contributed by atoms with Gasteiger partial charge in [0.05, 0.1) is 13.2 Å². The Hall–Kier alpha value is -1.21. The smallest absolute Gasteiger partial charge is 0.257 e. The Morgan fingerprint density at radius 2 is 2.44 bits per heavy atom. The number of alkyl halides is 1. The molecule has 0 spiro atoms. The molecule has 0 unspecified atom stereocenters. The number of nitrogens with one attached hydrogen (secondary N) is 2. The Morgan fingerprint density at radius 1 is 1.67 bits per heavy atom. The number of hydrogen-bond donors (Lipinski definition) is 2. The number of hydrogen-bond acceptors (Lipinski definition) is 4. The molecule has 0 aliphatic carbocycles. The summed E-state index contributed by atoms with van der Waals surface area (Å²) in [5, 5.41) is 5.50. The largest absolute Gasteiger partial charge is 0.480 e. The second-order valence-electron chi connectivity index (χ2n) is 3.96. The van der Waals surface area contributed by atoms with Gasteiger partial charge in [-0.1, -0.05) is 0 Å². The first kappa shape index (κ1) is 13.2. The summed E-state index contributed by atoms with van der Waals surface area (Å²) in [6, 6.07) is 1.08. The molecule has 1 saturated heterocycles. The zero-order valence-electron chi connectivity index (χ0n) is 9.74. The summed E-state index contributed by atoms with van der Waals surface area (Å²) >= 11 is 3.23. The molecule has 7 heteroatoms. The van der Waals surface area contributed by atoms with Gasteiger partial charge in [-0.05, 0) is 22.0 Å². The van der Waals surface area contributed by atoms with Crippen molar-refractivity contribution in [2.24, 2.45) is 0 Å². The van der Waals surface area contributed by atoms with Gasteiger partial charge < -0.3 is 15.4 Å². The molecule has 1 aliphatic rings. The van der Waals surface area contributed by atoms with Crippen LogP contribution in [0.1, 0.15) is 10.4 Å². The van der Waals surface area contributed by atoms with Gasteiger partial charge in [0, 0.05) is 23.8 Å². The van der Waals surface area contributed by atoms with Crippen LogP contribution in [0.3, 0.4) is 0 Å². The Bertz CT molecular complexity index is 458. The van der Waals surface area contributed by atoms with Crippen LogP contribution in [0.25, 0.3) is 0 Å². The minimum absolute atomic E-state index is 0.220. The summed E-state index contributed by atoms with van der Waals surface area (Å²) in [6.45, 7) is 0.690. The van der Waals surface area contributed by atoms with Crippen molar-refractivity contribution in [2.75, 3.05) is 20.2 Å². The molecule has 5 nitrogen and oxygen atoms in total. The SMILES string of the molecule is COc1ncc(Br)cc1C(=O)N[C@@H]1CNC[C@@H]1F. The van der Waals surface area contributed by atoms with E-state index in [-0.39, 0.29) is 18.0 Å². The molecular formula is C11H13BrFN3O2. The van der Waals surface area contributed by atoms with Crippen LogP contribution in [0.15, 0.2) is 16.7 Å². The fourth-order valence-corrected chi connectivity index (χ4v) is 2.12. The third kappa shape index (κ3) is 2.78. The molecule has 2 N–H and O–H groups in total. The summed E-state index contributed by atoms with van der Waals surface area (Å²) in [4.78, 5) is 16.0. The van der Waals surface area contributed by atoms with Crippen LogP contribution in [0.5, 0.6) is 5.88 Å². The number of amides is 1. The van der Waals surface area contributed by atoms with E-state index in [1.165, 1.54) is 13.3 Å². The van der Waals surface area contributed by atoms with Gasteiger partial charge >= 0.3 is 0 Å². The Labute approximate surface area is 112 Å². The second-order valence-corrected chi connectivity index (χ2v) is 4.88. The van der Waals surface area contributed by atoms with E-state index in [1.807, 2.05) is 0 Å². The van der Waals surface area contributed by atoms with E-state index in [0.717, 1.165) is 0 Å². The van der Waals surface area contributed by atoms with Crippen molar-refractivity contribution in [1.82, 2.24) is 15.6 Å². The van der Waals surface area contributed by atoms with Crippen molar-refractivity contribution < 1.29 is 13.9 Å². The number of halogens is 2. The van der Waals surface area contributed by atoms with Crippen LogP contribution in [0, 0.1) is 0 Å². The van der Waals surface area contributed by atoms with Crippen molar-refractivity contribution in [3.05, 3.63) is 22.3 Å². The van der Waals surface area contributed by atoms with Gasteiger partial charge in [0.15, 0.2) is 0 Å². The molecule has 1 aromatic rings. The number of ether oxygens (including phenoxy) is 1. The average molecular weight is 318 g/mol. The molecule has 1 amide bonds. The minimum atomic E-state index is -1.07. The van der Waals surface area contributed by atoms with E-state index in [2.05, 4.69) is 31.5 Å². The molecule has 0 radical (unpaired) electrons. The Morgan fingerprint density at radius 3 is 3.06 bits per heavy atom. The highest BCUT2D eigenvalue weighted by Crippen LogP contribution is 2.20. The molecule has 2 heterocycles. The Kier molecular flexibility index (Phi) is 4.13. The lowest BCUT2D eigenvalue weighted by Gasteiger charge is -2.15. The molecule has 2 rings (SSSR count). The first-order chi connectivity index (χ1) is 8.61. The van der Waals surface area contributed by atoms with E-state index in [1.54, 1.807) is 6.07 Å². The zero-order valence-corrected chi connectivity index (χ0v) is 11.3. The summed E-state index contributed by atoms with van der Waals surface area (Å²) in [6.07, 6.45) is 0.463.